The monoisotopic (exact) mass is 312 g/mol. The van der Waals surface area contributed by atoms with Crippen molar-refractivity contribution in [1.82, 2.24) is 5.43 Å². The number of benzene rings is 2. The van der Waals surface area contributed by atoms with E-state index >= 15 is 0 Å². The molecule has 0 bridgehead atoms. The van der Waals surface area contributed by atoms with E-state index in [1.807, 2.05) is 24.3 Å². The second kappa shape index (κ2) is 7.04. The minimum absolute atomic E-state index is 0.0631. The normalized spacial score (nSPS) is 12.4. The molecule has 1 unspecified atom stereocenters. The summed E-state index contributed by atoms with van der Waals surface area (Å²) in [6, 6.07) is 12.1. The smallest absolute Gasteiger partial charge is 0.127 e. The SMILES string of the molecule is NNC(Cc1ccc(Cl)cc1)Cc1ccc(Cl)cc1F. The van der Waals surface area contributed by atoms with Gasteiger partial charge in [-0.2, -0.15) is 0 Å². The maximum atomic E-state index is 13.8. The number of hydrazine groups is 1. The lowest BCUT2D eigenvalue weighted by Gasteiger charge is -2.16. The zero-order valence-corrected chi connectivity index (χ0v) is 12.3. The Bertz CT molecular complexity index is 573. The van der Waals surface area contributed by atoms with E-state index < -0.39 is 0 Å². The Morgan fingerprint density at radius 3 is 2.25 bits per heavy atom. The van der Waals surface area contributed by atoms with Gasteiger partial charge in [0.15, 0.2) is 0 Å². The molecule has 0 heterocycles. The van der Waals surface area contributed by atoms with Crippen molar-refractivity contribution in [3.63, 3.8) is 0 Å². The number of halogens is 3. The fraction of sp³-hybridized carbons (Fsp3) is 0.200. The van der Waals surface area contributed by atoms with E-state index in [1.165, 1.54) is 6.07 Å². The molecule has 0 aliphatic rings. The van der Waals surface area contributed by atoms with Gasteiger partial charge in [-0.1, -0.05) is 41.4 Å². The van der Waals surface area contributed by atoms with Crippen LogP contribution in [0.4, 0.5) is 4.39 Å². The summed E-state index contributed by atoms with van der Waals surface area (Å²) >= 11 is 11.6. The number of nitrogens with two attached hydrogens (primary N) is 1. The summed E-state index contributed by atoms with van der Waals surface area (Å²) < 4.78 is 13.8. The van der Waals surface area contributed by atoms with Gasteiger partial charge in [0.1, 0.15) is 5.82 Å². The Labute approximate surface area is 127 Å². The van der Waals surface area contributed by atoms with Gasteiger partial charge < -0.3 is 0 Å². The highest BCUT2D eigenvalue weighted by molar-refractivity contribution is 6.30. The molecule has 2 nitrogen and oxygen atoms in total. The third-order valence-corrected chi connectivity index (χ3v) is 3.60. The number of hydrogen-bond donors (Lipinski definition) is 2. The summed E-state index contributed by atoms with van der Waals surface area (Å²) in [4.78, 5) is 0. The van der Waals surface area contributed by atoms with Crippen molar-refractivity contribution in [1.29, 1.82) is 0 Å². The van der Waals surface area contributed by atoms with E-state index in [2.05, 4.69) is 5.43 Å². The second-order valence-electron chi connectivity index (χ2n) is 4.63. The Morgan fingerprint density at radius 1 is 1.00 bits per heavy atom. The summed E-state index contributed by atoms with van der Waals surface area (Å²) in [7, 11) is 0. The Kier molecular flexibility index (Phi) is 5.38. The predicted molar refractivity (Wildman–Crippen MR) is 81.4 cm³/mol. The third-order valence-electron chi connectivity index (χ3n) is 3.11. The molecule has 0 aliphatic heterocycles. The van der Waals surface area contributed by atoms with Crippen molar-refractivity contribution >= 4 is 23.2 Å². The summed E-state index contributed by atoms with van der Waals surface area (Å²) in [5.74, 6) is 5.24. The Balaban J connectivity index is 2.07. The lowest BCUT2D eigenvalue weighted by atomic mass is 9.99. The predicted octanol–water partition coefficient (Wildman–Crippen LogP) is 3.75. The van der Waals surface area contributed by atoms with Gasteiger partial charge in [-0.05, 0) is 48.2 Å². The largest absolute Gasteiger partial charge is 0.271 e. The average molecular weight is 313 g/mol. The Morgan fingerprint density at radius 2 is 1.65 bits per heavy atom. The topological polar surface area (TPSA) is 38.0 Å². The van der Waals surface area contributed by atoms with Gasteiger partial charge in [-0.25, -0.2) is 4.39 Å². The van der Waals surface area contributed by atoms with E-state index in [0.717, 1.165) is 5.56 Å². The molecule has 5 heteroatoms. The van der Waals surface area contributed by atoms with E-state index in [4.69, 9.17) is 29.0 Å². The van der Waals surface area contributed by atoms with Crippen LogP contribution in [0.5, 0.6) is 0 Å². The van der Waals surface area contributed by atoms with Gasteiger partial charge in [0.2, 0.25) is 0 Å². The van der Waals surface area contributed by atoms with Crippen LogP contribution in [0, 0.1) is 5.82 Å². The zero-order chi connectivity index (χ0) is 14.5. The maximum absolute atomic E-state index is 13.8. The highest BCUT2D eigenvalue weighted by Gasteiger charge is 2.12. The molecule has 2 aromatic rings. The van der Waals surface area contributed by atoms with Gasteiger partial charge in [0, 0.05) is 16.1 Å². The van der Waals surface area contributed by atoms with Crippen LogP contribution in [-0.4, -0.2) is 6.04 Å². The fourth-order valence-corrected chi connectivity index (χ4v) is 2.33. The van der Waals surface area contributed by atoms with E-state index in [1.54, 1.807) is 12.1 Å². The van der Waals surface area contributed by atoms with Crippen LogP contribution < -0.4 is 11.3 Å². The lowest BCUT2D eigenvalue weighted by molar-refractivity contribution is 0.506. The molecule has 0 radical (unpaired) electrons. The van der Waals surface area contributed by atoms with Gasteiger partial charge in [-0.15, -0.1) is 0 Å². The van der Waals surface area contributed by atoms with Crippen LogP contribution >= 0.6 is 23.2 Å². The summed E-state index contributed by atoms with van der Waals surface area (Å²) in [5.41, 5.74) is 4.40. The second-order valence-corrected chi connectivity index (χ2v) is 5.51. The lowest BCUT2D eigenvalue weighted by Crippen LogP contribution is -2.38. The maximum Gasteiger partial charge on any atom is 0.127 e. The van der Waals surface area contributed by atoms with Crippen LogP contribution in [0.1, 0.15) is 11.1 Å². The molecule has 3 N–H and O–H groups in total. The molecule has 2 aromatic carbocycles. The highest BCUT2D eigenvalue weighted by atomic mass is 35.5. The van der Waals surface area contributed by atoms with Crippen LogP contribution in [0.25, 0.3) is 0 Å². The zero-order valence-electron chi connectivity index (χ0n) is 10.7. The first-order valence-electron chi connectivity index (χ1n) is 6.23. The van der Waals surface area contributed by atoms with Crippen molar-refractivity contribution in [2.45, 2.75) is 18.9 Å². The quantitative estimate of drug-likeness (QED) is 0.652. The van der Waals surface area contributed by atoms with Gasteiger partial charge >= 0.3 is 0 Å². The third kappa shape index (κ3) is 4.18. The first-order valence-corrected chi connectivity index (χ1v) is 6.98. The highest BCUT2D eigenvalue weighted by Crippen LogP contribution is 2.17. The number of rotatable bonds is 5. The number of nitrogens with one attached hydrogen (secondary N) is 1. The molecule has 20 heavy (non-hydrogen) atoms. The van der Waals surface area contributed by atoms with Crippen LogP contribution in [0.15, 0.2) is 42.5 Å². The Hall–Kier alpha value is -1.13. The van der Waals surface area contributed by atoms with Gasteiger partial charge in [0.25, 0.3) is 0 Å². The fourth-order valence-electron chi connectivity index (χ4n) is 2.05. The molecule has 0 amide bonds. The van der Waals surface area contributed by atoms with E-state index in [9.17, 15) is 4.39 Å². The van der Waals surface area contributed by atoms with Crippen molar-refractivity contribution in [2.24, 2.45) is 5.84 Å². The molecule has 0 saturated heterocycles. The molecule has 106 valence electrons. The van der Waals surface area contributed by atoms with Gasteiger partial charge in [0.05, 0.1) is 0 Å². The standard InChI is InChI=1S/C15H15Cl2FN2/c16-12-4-1-10(2-5-12)7-14(20-19)8-11-3-6-13(17)9-15(11)18/h1-6,9,14,20H,7-8,19H2. The molecule has 0 saturated carbocycles. The molecule has 0 aromatic heterocycles. The average Bonchev–Trinajstić information content (AvgIpc) is 2.43. The van der Waals surface area contributed by atoms with Crippen molar-refractivity contribution < 1.29 is 4.39 Å². The molecule has 2 rings (SSSR count). The molecular formula is C15H15Cl2FN2. The molecule has 0 fully saturated rings. The molecule has 0 spiro atoms. The van der Waals surface area contributed by atoms with Gasteiger partial charge in [-0.3, -0.25) is 11.3 Å². The van der Waals surface area contributed by atoms with Crippen LogP contribution in [0.3, 0.4) is 0 Å². The molecular weight excluding hydrogens is 298 g/mol. The minimum atomic E-state index is -0.311. The van der Waals surface area contributed by atoms with Crippen LogP contribution in [0.2, 0.25) is 10.0 Å². The first kappa shape index (κ1) is 15.3. The summed E-state index contributed by atoms with van der Waals surface area (Å²) in [6.45, 7) is 0. The van der Waals surface area contributed by atoms with Crippen molar-refractivity contribution in [2.75, 3.05) is 0 Å². The summed E-state index contributed by atoms with van der Waals surface area (Å²) in [6.07, 6.45) is 1.18. The van der Waals surface area contributed by atoms with Crippen molar-refractivity contribution in [3.05, 3.63) is 69.5 Å². The summed E-state index contributed by atoms with van der Waals surface area (Å²) in [5, 5.41) is 1.08. The molecule has 1 atom stereocenters. The molecule has 0 aliphatic carbocycles. The first-order chi connectivity index (χ1) is 9.58. The minimum Gasteiger partial charge on any atom is -0.271 e. The van der Waals surface area contributed by atoms with E-state index in [-0.39, 0.29) is 11.9 Å². The van der Waals surface area contributed by atoms with Crippen LogP contribution in [-0.2, 0) is 12.8 Å². The van der Waals surface area contributed by atoms with E-state index in [0.29, 0.717) is 28.5 Å². The number of hydrogen-bond acceptors (Lipinski definition) is 2. The van der Waals surface area contributed by atoms with Crippen molar-refractivity contribution in [3.8, 4) is 0 Å².